The van der Waals surface area contributed by atoms with Gasteiger partial charge in [-0.2, -0.15) is 0 Å². The summed E-state index contributed by atoms with van der Waals surface area (Å²) in [7, 11) is 0. The Morgan fingerprint density at radius 1 is 1.06 bits per heavy atom. The van der Waals surface area contributed by atoms with Crippen LogP contribution in [-0.4, -0.2) is 102 Å². The fourth-order valence-corrected chi connectivity index (χ4v) is 2.34. The molecule has 0 spiro atoms. The first-order valence-electron chi connectivity index (χ1n) is 9.83. The molecule has 6 N–H and O–H groups in total. The Bertz CT molecular complexity index is 719. The molecule has 2 amide bonds. The van der Waals surface area contributed by atoms with Crippen molar-refractivity contribution >= 4 is 18.0 Å². The summed E-state index contributed by atoms with van der Waals surface area (Å²) in [6.45, 7) is 3.97. The van der Waals surface area contributed by atoms with Crippen LogP contribution < -0.4 is 15.4 Å². The number of ether oxygens (including phenoxy) is 2. The quantitative estimate of drug-likeness (QED) is 0.203. The van der Waals surface area contributed by atoms with Gasteiger partial charge in [-0.3, -0.25) is 0 Å². The van der Waals surface area contributed by atoms with Crippen LogP contribution >= 0.6 is 0 Å². The molecule has 1 aromatic carbocycles. The van der Waals surface area contributed by atoms with Gasteiger partial charge in [0.1, 0.15) is 24.2 Å². The Kier molecular flexibility index (Phi) is 15.5. The fourth-order valence-electron chi connectivity index (χ4n) is 2.34. The summed E-state index contributed by atoms with van der Waals surface area (Å²) in [5.74, 6) is -1.76. The van der Waals surface area contributed by atoms with Crippen molar-refractivity contribution in [3.05, 3.63) is 36.4 Å². The number of hydrogen-bond acceptors (Lipinski definition) is 8. The van der Waals surface area contributed by atoms with Gasteiger partial charge in [-0.1, -0.05) is 7.43 Å². The molecule has 1 fully saturated rings. The van der Waals surface area contributed by atoms with E-state index in [0.29, 0.717) is 63.8 Å². The Hall–Kier alpha value is -3.35. The van der Waals surface area contributed by atoms with Crippen molar-refractivity contribution in [2.75, 3.05) is 52.5 Å². The van der Waals surface area contributed by atoms with Crippen molar-refractivity contribution in [3.8, 4) is 11.5 Å². The lowest BCUT2D eigenvalue weighted by Gasteiger charge is -2.27. The van der Waals surface area contributed by atoms with Crippen LogP contribution in [0.25, 0.3) is 0 Å². The molecule has 1 atom stereocenters. The average molecular weight is 472 g/mol. The number of phenols is 1. The molecule has 12 heteroatoms. The number of nitrogens with one attached hydrogen (secondary N) is 2. The highest BCUT2D eigenvalue weighted by Gasteiger charge is 2.15. The van der Waals surface area contributed by atoms with E-state index in [0.717, 1.165) is 0 Å². The molecule has 1 heterocycles. The van der Waals surface area contributed by atoms with Gasteiger partial charge in [0.05, 0.1) is 13.2 Å². The number of hydrogen-bond donors (Lipinski definition) is 6. The third-order valence-electron chi connectivity index (χ3n) is 3.90. The smallest absolute Gasteiger partial charge is 0.328 e. The normalized spacial score (nSPS) is 13.8. The molecule has 1 aliphatic rings. The minimum atomic E-state index is -1.26. The third-order valence-corrected chi connectivity index (χ3v) is 3.90. The molecular weight excluding hydrogens is 438 g/mol. The molecule has 1 saturated heterocycles. The Morgan fingerprint density at radius 2 is 1.64 bits per heavy atom. The number of aliphatic carboxylic acids is 2. The minimum absolute atomic E-state index is 0. The number of aliphatic hydroxyl groups excluding tert-OH is 1. The molecular formula is C21H33N3O9. The van der Waals surface area contributed by atoms with Crippen molar-refractivity contribution in [1.82, 2.24) is 15.5 Å². The van der Waals surface area contributed by atoms with Crippen LogP contribution in [-0.2, 0) is 14.3 Å². The lowest BCUT2D eigenvalue weighted by atomic mass is 10.3. The number of amides is 2. The second-order valence-electron chi connectivity index (χ2n) is 6.50. The number of carbonyl (C=O) groups excluding carboxylic acids is 1. The monoisotopic (exact) mass is 471 g/mol. The zero-order valence-electron chi connectivity index (χ0n) is 17.5. The Morgan fingerprint density at radius 3 is 2.18 bits per heavy atom. The zero-order valence-corrected chi connectivity index (χ0v) is 17.5. The maximum Gasteiger partial charge on any atom is 0.328 e. The van der Waals surface area contributed by atoms with Crippen molar-refractivity contribution in [1.29, 1.82) is 0 Å². The summed E-state index contributed by atoms with van der Waals surface area (Å²) >= 11 is 0. The highest BCUT2D eigenvalue weighted by molar-refractivity contribution is 5.89. The summed E-state index contributed by atoms with van der Waals surface area (Å²) in [6.07, 6.45) is 0.457. The van der Waals surface area contributed by atoms with E-state index in [1.807, 2.05) is 0 Å². The van der Waals surface area contributed by atoms with Crippen LogP contribution in [0.5, 0.6) is 11.5 Å². The number of aliphatic hydroxyl groups is 1. The van der Waals surface area contributed by atoms with Crippen LogP contribution in [0.15, 0.2) is 36.4 Å². The van der Waals surface area contributed by atoms with Gasteiger partial charge in [-0.25, -0.2) is 14.4 Å². The predicted molar refractivity (Wildman–Crippen MR) is 119 cm³/mol. The van der Waals surface area contributed by atoms with Gasteiger partial charge in [0.15, 0.2) is 0 Å². The molecule has 0 saturated carbocycles. The van der Waals surface area contributed by atoms with Crippen molar-refractivity contribution in [2.45, 2.75) is 13.5 Å². The number of nitrogens with zero attached hydrogens (tertiary/aromatic N) is 1. The SMILES string of the molecule is C.O=C(NCCNCC(O)COc1ccc(O)cc1)N1CCOCC1.O=C(O)/C=C/C(=O)O. The number of carboxylic acid groups (broad SMARTS) is 2. The first-order valence-corrected chi connectivity index (χ1v) is 9.83. The van der Waals surface area contributed by atoms with Gasteiger partial charge in [0.25, 0.3) is 0 Å². The second-order valence-corrected chi connectivity index (χ2v) is 6.50. The largest absolute Gasteiger partial charge is 0.508 e. The number of morpholine rings is 1. The van der Waals surface area contributed by atoms with Crippen LogP contribution in [0.4, 0.5) is 4.79 Å². The van der Waals surface area contributed by atoms with Crippen LogP contribution in [0.1, 0.15) is 7.43 Å². The molecule has 1 aromatic rings. The summed E-state index contributed by atoms with van der Waals surface area (Å²) in [6, 6.07) is 6.23. The molecule has 1 aliphatic heterocycles. The predicted octanol–water partition coefficient (Wildman–Crippen LogP) is 0.111. The molecule has 0 bridgehead atoms. The number of aromatic hydroxyl groups is 1. The number of phenolic OH excluding ortho intramolecular Hbond substituents is 1. The van der Waals surface area contributed by atoms with Crippen molar-refractivity contribution in [3.63, 3.8) is 0 Å². The average Bonchev–Trinajstić information content (AvgIpc) is 2.78. The summed E-state index contributed by atoms with van der Waals surface area (Å²) in [5, 5.41) is 40.5. The minimum Gasteiger partial charge on any atom is -0.508 e. The molecule has 186 valence electrons. The van der Waals surface area contributed by atoms with E-state index in [9.17, 15) is 19.5 Å². The van der Waals surface area contributed by atoms with Gasteiger partial charge in [0, 0.05) is 44.9 Å². The zero-order chi connectivity index (χ0) is 23.8. The van der Waals surface area contributed by atoms with E-state index in [2.05, 4.69) is 10.6 Å². The van der Waals surface area contributed by atoms with Crippen LogP contribution in [0.2, 0.25) is 0 Å². The molecule has 0 aliphatic carbocycles. The number of benzene rings is 1. The van der Waals surface area contributed by atoms with Crippen molar-refractivity contribution in [2.24, 2.45) is 0 Å². The summed E-state index contributed by atoms with van der Waals surface area (Å²) in [4.78, 5) is 32.7. The number of carbonyl (C=O) groups is 3. The lowest BCUT2D eigenvalue weighted by Crippen LogP contribution is -2.47. The van der Waals surface area contributed by atoms with E-state index < -0.39 is 18.0 Å². The van der Waals surface area contributed by atoms with Gasteiger partial charge < -0.3 is 45.4 Å². The van der Waals surface area contributed by atoms with Gasteiger partial charge in [0.2, 0.25) is 0 Å². The molecule has 0 aromatic heterocycles. The van der Waals surface area contributed by atoms with E-state index in [4.69, 9.17) is 24.8 Å². The number of rotatable bonds is 10. The number of urea groups is 1. The molecule has 12 nitrogen and oxygen atoms in total. The molecule has 1 unspecified atom stereocenters. The van der Waals surface area contributed by atoms with Crippen molar-refractivity contribution < 1.29 is 44.3 Å². The van der Waals surface area contributed by atoms with Crippen LogP contribution in [0.3, 0.4) is 0 Å². The van der Waals surface area contributed by atoms with Gasteiger partial charge in [-0.15, -0.1) is 0 Å². The summed E-state index contributed by atoms with van der Waals surface area (Å²) < 4.78 is 10.6. The highest BCUT2D eigenvalue weighted by atomic mass is 16.5. The number of carboxylic acids is 2. The third kappa shape index (κ3) is 15.1. The van der Waals surface area contributed by atoms with E-state index in [1.165, 1.54) is 12.1 Å². The topological polar surface area (TPSA) is 178 Å². The van der Waals surface area contributed by atoms with Gasteiger partial charge in [-0.05, 0) is 24.3 Å². The van der Waals surface area contributed by atoms with Gasteiger partial charge >= 0.3 is 18.0 Å². The van der Waals surface area contributed by atoms with E-state index in [1.54, 1.807) is 17.0 Å². The molecule has 33 heavy (non-hydrogen) atoms. The molecule has 2 rings (SSSR count). The van der Waals surface area contributed by atoms with E-state index in [-0.39, 0.29) is 25.8 Å². The molecule has 0 radical (unpaired) electrons. The highest BCUT2D eigenvalue weighted by Crippen LogP contribution is 2.15. The second kappa shape index (κ2) is 17.2. The first kappa shape index (κ1) is 29.7. The van der Waals surface area contributed by atoms with E-state index >= 15 is 0 Å². The first-order chi connectivity index (χ1) is 15.3. The fraction of sp³-hybridized carbons (Fsp3) is 0.476. The van der Waals surface area contributed by atoms with Crippen LogP contribution in [0, 0.1) is 0 Å². The Labute approximate surface area is 192 Å². The standard InChI is InChI=1S/C16H25N3O5.C4H4O4.CH4/c20-13-1-3-15(4-2-13)24-12-14(21)11-17-5-6-18-16(22)19-7-9-23-10-8-19;5-3(6)1-2-4(7)8;/h1-4,14,17,20-21H,5-12H2,(H,18,22);1-2H,(H,5,6)(H,7,8);1H4/b;2-1+;. The Balaban J connectivity index is 0.000000978. The maximum absolute atomic E-state index is 11.8. The summed E-state index contributed by atoms with van der Waals surface area (Å²) in [5.41, 5.74) is 0. The maximum atomic E-state index is 11.8. The lowest BCUT2D eigenvalue weighted by molar-refractivity contribution is -0.134.